The molecule has 0 radical (unpaired) electrons. The Labute approximate surface area is 130 Å². The monoisotopic (exact) mass is 310 g/mol. The molecule has 110 valence electrons. The lowest BCUT2D eigenvalue weighted by Gasteiger charge is -2.07. The molecule has 22 heavy (non-hydrogen) atoms. The summed E-state index contributed by atoms with van der Waals surface area (Å²) in [5.74, 6) is 1.44. The molecule has 0 aliphatic heterocycles. The number of hydrogen-bond donors (Lipinski definition) is 3. The molecule has 4 aromatic rings. The third-order valence-electron chi connectivity index (χ3n) is 3.52. The van der Waals surface area contributed by atoms with Crippen molar-refractivity contribution in [2.45, 2.75) is 0 Å². The number of benzene rings is 2. The van der Waals surface area contributed by atoms with Crippen molar-refractivity contribution in [2.75, 3.05) is 18.2 Å². The van der Waals surface area contributed by atoms with E-state index in [9.17, 15) is 0 Å². The number of ether oxygens (including phenoxy) is 1. The summed E-state index contributed by atoms with van der Waals surface area (Å²) in [7, 11) is 1.66. The smallest absolute Gasteiger partial charge is 0.188 e. The number of aromatic nitrogens is 2. The Morgan fingerprint density at radius 2 is 2.09 bits per heavy atom. The highest BCUT2D eigenvalue weighted by Gasteiger charge is 2.11. The number of nitrogens with zero attached hydrogens (tertiary/aromatic N) is 1. The zero-order valence-electron chi connectivity index (χ0n) is 11.9. The van der Waals surface area contributed by atoms with Crippen LogP contribution in [0.4, 0.5) is 16.6 Å². The Morgan fingerprint density at radius 1 is 1.23 bits per heavy atom. The number of H-pyrrole nitrogens is 1. The van der Waals surface area contributed by atoms with Gasteiger partial charge >= 0.3 is 0 Å². The summed E-state index contributed by atoms with van der Waals surface area (Å²) >= 11 is 1.60. The van der Waals surface area contributed by atoms with E-state index in [1.165, 1.54) is 0 Å². The number of nitrogen functional groups attached to an aromatic ring is 1. The zero-order chi connectivity index (χ0) is 15.1. The number of nitrogens with two attached hydrogens (primary N) is 1. The average Bonchev–Trinajstić information content (AvgIpc) is 3.09. The molecule has 6 heteroatoms. The number of nitrogens with one attached hydrogen (secondary N) is 2. The Bertz CT molecular complexity index is 973. The lowest BCUT2D eigenvalue weighted by atomic mass is 10.2. The summed E-state index contributed by atoms with van der Waals surface area (Å²) in [6, 6.07) is 13.8. The molecule has 0 aliphatic rings. The molecule has 4 rings (SSSR count). The van der Waals surface area contributed by atoms with Crippen LogP contribution < -0.4 is 15.8 Å². The van der Waals surface area contributed by atoms with Crippen LogP contribution in [-0.2, 0) is 0 Å². The lowest BCUT2D eigenvalue weighted by molar-refractivity contribution is 0.417. The zero-order valence-corrected chi connectivity index (χ0v) is 12.7. The number of hydrogen-bond acceptors (Lipinski definition) is 5. The van der Waals surface area contributed by atoms with Gasteiger partial charge < -0.3 is 20.8 Å². The second-order valence-corrected chi connectivity index (χ2v) is 5.98. The van der Waals surface area contributed by atoms with Gasteiger partial charge in [-0.25, -0.2) is 4.98 Å². The maximum absolute atomic E-state index is 5.84. The fourth-order valence-corrected chi connectivity index (χ4v) is 3.41. The summed E-state index contributed by atoms with van der Waals surface area (Å²) < 4.78 is 6.46. The highest BCUT2D eigenvalue weighted by Crippen LogP contribution is 2.35. The van der Waals surface area contributed by atoms with Gasteiger partial charge in [0.15, 0.2) is 5.13 Å². The molecule has 0 saturated heterocycles. The molecular formula is C16H14N4OS. The SMILES string of the molecule is COc1ccccc1Nc1nc2c(ccc3cc(N)[nH]c32)s1. The first-order valence-electron chi connectivity index (χ1n) is 6.82. The molecule has 5 nitrogen and oxygen atoms in total. The summed E-state index contributed by atoms with van der Waals surface area (Å²) in [5, 5.41) is 5.21. The van der Waals surface area contributed by atoms with E-state index in [0.717, 1.165) is 37.7 Å². The van der Waals surface area contributed by atoms with Crippen molar-refractivity contribution in [3.8, 4) is 5.75 Å². The van der Waals surface area contributed by atoms with Gasteiger partial charge in [0.2, 0.25) is 0 Å². The van der Waals surface area contributed by atoms with Gasteiger partial charge in [0.25, 0.3) is 0 Å². The van der Waals surface area contributed by atoms with Crippen molar-refractivity contribution in [3.05, 3.63) is 42.5 Å². The number of fused-ring (bicyclic) bond motifs is 3. The molecule has 2 aromatic carbocycles. The van der Waals surface area contributed by atoms with Gasteiger partial charge in [-0.05, 0) is 24.3 Å². The molecular weight excluding hydrogens is 296 g/mol. The summed E-state index contributed by atoms with van der Waals surface area (Å²) in [4.78, 5) is 7.86. The van der Waals surface area contributed by atoms with E-state index in [4.69, 9.17) is 10.5 Å². The molecule has 0 saturated carbocycles. The number of aromatic amines is 1. The van der Waals surface area contributed by atoms with E-state index in [0.29, 0.717) is 5.82 Å². The quantitative estimate of drug-likeness (QED) is 0.532. The third kappa shape index (κ3) is 2.05. The first kappa shape index (κ1) is 13.0. The van der Waals surface area contributed by atoms with Gasteiger partial charge in [-0.3, -0.25) is 0 Å². The topological polar surface area (TPSA) is 76.0 Å². The Kier molecular flexibility index (Phi) is 2.90. The van der Waals surface area contributed by atoms with Crippen LogP contribution in [0.15, 0.2) is 42.5 Å². The number of anilines is 3. The fourth-order valence-electron chi connectivity index (χ4n) is 2.53. The van der Waals surface area contributed by atoms with Crippen LogP contribution in [0.1, 0.15) is 0 Å². The summed E-state index contributed by atoms with van der Waals surface area (Å²) in [6.45, 7) is 0. The molecule has 2 heterocycles. The minimum absolute atomic E-state index is 0.648. The van der Waals surface area contributed by atoms with E-state index < -0.39 is 0 Å². The highest BCUT2D eigenvalue weighted by atomic mass is 32.1. The van der Waals surface area contributed by atoms with Crippen LogP contribution in [0.2, 0.25) is 0 Å². The predicted octanol–water partition coefficient (Wildman–Crippen LogP) is 4.11. The van der Waals surface area contributed by atoms with Crippen LogP contribution in [0.5, 0.6) is 5.75 Å². The lowest BCUT2D eigenvalue weighted by Crippen LogP contribution is -1.93. The molecule has 0 atom stereocenters. The van der Waals surface area contributed by atoms with Gasteiger partial charge in [-0.1, -0.05) is 29.5 Å². The highest BCUT2D eigenvalue weighted by molar-refractivity contribution is 7.22. The van der Waals surface area contributed by atoms with Gasteiger partial charge in [-0.15, -0.1) is 0 Å². The second-order valence-electron chi connectivity index (χ2n) is 4.95. The Morgan fingerprint density at radius 3 is 2.95 bits per heavy atom. The van der Waals surface area contributed by atoms with Crippen LogP contribution in [0.25, 0.3) is 21.1 Å². The molecule has 2 aromatic heterocycles. The van der Waals surface area contributed by atoms with Crippen molar-refractivity contribution in [1.29, 1.82) is 0 Å². The van der Waals surface area contributed by atoms with Crippen LogP contribution in [0, 0.1) is 0 Å². The fraction of sp³-hybridized carbons (Fsp3) is 0.0625. The molecule has 0 unspecified atom stereocenters. The molecule has 0 aliphatic carbocycles. The first-order valence-corrected chi connectivity index (χ1v) is 7.64. The van der Waals surface area contributed by atoms with E-state index in [2.05, 4.69) is 27.4 Å². The molecule has 0 spiro atoms. The van der Waals surface area contributed by atoms with E-state index in [1.807, 2.05) is 30.3 Å². The minimum atomic E-state index is 0.648. The second kappa shape index (κ2) is 4.92. The minimum Gasteiger partial charge on any atom is -0.495 e. The molecule has 0 amide bonds. The normalized spacial score (nSPS) is 11.1. The largest absolute Gasteiger partial charge is 0.495 e. The Hall–Kier alpha value is -2.73. The maximum atomic E-state index is 5.84. The van der Waals surface area contributed by atoms with Gasteiger partial charge in [0.1, 0.15) is 17.1 Å². The summed E-state index contributed by atoms with van der Waals surface area (Å²) in [5.41, 5.74) is 8.63. The maximum Gasteiger partial charge on any atom is 0.188 e. The van der Waals surface area contributed by atoms with Crippen LogP contribution in [0.3, 0.4) is 0 Å². The number of thiazole rings is 1. The number of rotatable bonds is 3. The van der Waals surface area contributed by atoms with Crippen LogP contribution >= 0.6 is 11.3 Å². The van der Waals surface area contributed by atoms with E-state index in [1.54, 1.807) is 18.4 Å². The van der Waals surface area contributed by atoms with Crippen molar-refractivity contribution in [2.24, 2.45) is 0 Å². The standard InChI is InChI=1S/C16H14N4OS/c1-21-11-5-3-2-4-10(11)18-16-20-15-12(22-16)7-6-9-8-13(17)19-14(9)15/h2-8,19H,17H2,1H3,(H,18,20). The van der Waals surface area contributed by atoms with Gasteiger partial charge in [-0.2, -0.15) is 0 Å². The van der Waals surface area contributed by atoms with Crippen molar-refractivity contribution < 1.29 is 4.74 Å². The number of methoxy groups -OCH3 is 1. The van der Waals surface area contributed by atoms with Crippen molar-refractivity contribution in [1.82, 2.24) is 9.97 Å². The molecule has 0 bridgehead atoms. The predicted molar refractivity (Wildman–Crippen MR) is 92.2 cm³/mol. The van der Waals surface area contributed by atoms with Crippen molar-refractivity contribution >= 4 is 49.1 Å². The van der Waals surface area contributed by atoms with Crippen molar-refractivity contribution in [3.63, 3.8) is 0 Å². The first-order chi connectivity index (χ1) is 10.7. The molecule has 0 fully saturated rings. The number of para-hydroxylation sites is 2. The van der Waals surface area contributed by atoms with Gasteiger partial charge in [0.05, 0.1) is 23.0 Å². The van der Waals surface area contributed by atoms with Gasteiger partial charge in [0, 0.05) is 5.39 Å². The van der Waals surface area contributed by atoms with Crippen LogP contribution in [-0.4, -0.2) is 17.1 Å². The third-order valence-corrected chi connectivity index (χ3v) is 4.46. The van der Waals surface area contributed by atoms with E-state index >= 15 is 0 Å². The Balaban J connectivity index is 1.81. The summed E-state index contributed by atoms with van der Waals surface area (Å²) in [6.07, 6.45) is 0. The molecule has 4 N–H and O–H groups in total. The average molecular weight is 310 g/mol. The van der Waals surface area contributed by atoms with E-state index in [-0.39, 0.29) is 0 Å².